The van der Waals surface area contributed by atoms with Crippen LogP contribution in [0.15, 0.2) is 70.1 Å². The van der Waals surface area contributed by atoms with E-state index in [2.05, 4.69) is 20.4 Å². The van der Waals surface area contributed by atoms with Gasteiger partial charge >= 0.3 is 0 Å². The molecule has 6 aliphatic heterocycles. The third-order valence-electron chi connectivity index (χ3n) is 10.1. The highest BCUT2D eigenvalue weighted by atomic mass is 32.1. The maximum atomic E-state index is 13.0. The molecule has 4 bridgehead atoms. The first kappa shape index (κ1) is 32.1. The number of hydrogen-bond donors (Lipinski definition) is 4. The molecule has 0 radical (unpaired) electrons. The predicted molar refractivity (Wildman–Crippen MR) is 185 cm³/mol. The topological polar surface area (TPSA) is 105 Å². The molecule has 0 saturated carbocycles. The number of aliphatic hydroxyl groups is 2. The van der Waals surface area contributed by atoms with Gasteiger partial charge in [0.25, 0.3) is 11.8 Å². The summed E-state index contributed by atoms with van der Waals surface area (Å²) in [5.41, 5.74) is -3.15. The fourth-order valence-corrected chi connectivity index (χ4v) is 10.9. The van der Waals surface area contributed by atoms with Gasteiger partial charge in [-0.2, -0.15) is 0 Å². The van der Waals surface area contributed by atoms with Gasteiger partial charge in [-0.3, -0.25) is 9.59 Å². The van der Waals surface area contributed by atoms with Crippen LogP contribution in [0.2, 0.25) is 0 Å². The number of carbonyl (C=O) groups excluding carboxylic acids is 2. The lowest BCUT2D eigenvalue weighted by Crippen LogP contribution is -2.60. The van der Waals surface area contributed by atoms with Gasteiger partial charge in [0.05, 0.1) is 19.5 Å². The van der Waals surface area contributed by atoms with E-state index in [0.29, 0.717) is 31.3 Å². The van der Waals surface area contributed by atoms with Crippen molar-refractivity contribution >= 4 is 57.2 Å². The van der Waals surface area contributed by atoms with Gasteiger partial charge in [0.2, 0.25) is 11.2 Å². The number of carbonyl (C=O) groups is 2. The van der Waals surface area contributed by atoms with Crippen molar-refractivity contribution in [3.8, 4) is 0 Å². The van der Waals surface area contributed by atoms with Gasteiger partial charge in [0.1, 0.15) is 0 Å². The first-order valence-corrected chi connectivity index (χ1v) is 19.5. The highest BCUT2D eigenvalue weighted by Crippen LogP contribution is 2.38. The van der Waals surface area contributed by atoms with Gasteiger partial charge in [-0.05, 0) is 109 Å². The van der Waals surface area contributed by atoms with Crippen molar-refractivity contribution in [3.63, 3.8) is 0 Å². The third kappa shape index (κ3) is 6.14. The van der Waals surface area contributed by atoms with E-state index in [9.17, 15) is 19.8 Å². The van der Waals surface area contributed by atoms with Crippen molar-refractivity contribution in [3.05, 3.63) is 89.6 Å². The summed E-state index contributed by atoms with van der Waals surface area (Å²) in [5, 5.41) is 36.5. The van der Waals surface area contributed by atoms with Crippen LogP contribution >= 0.6 is 45.3 Å². The fraction of sp³-hybridized carbons (Fsp3) is 0.471. The Morgan fingerprint density at radius 3 is 1.11 bits per heavy atom. The molecule has 6 aliphatic rings. The average Bonchev–Trinajstić information content (AvgIpc) is 3.94. The predicted octanol–water partition coefficient (Wildman–Crippen LogP) is 4.51. The fourth-order valence-electron chi connectivity index (χ4n) is 7.43. The summed E-state index contributed by atoms with van der Waals surface area (Å²) < 4.78 is 0. The highest BCUT2D eigenvalue weighted by molar-refractivity contribution is 7.12. The number of amides is 2. The number of thiophene rings is 4. The Hall–Kier alpha value is -2.42. The number of piperidine rings is 6. The van der Waals surface area contributed by atoms with Crippen LogP contribution in [0.3, 0.4) is 0 Å². The van der Waals surface area contributed by atoms with Crippen molar-refractivity contribution in [2.45, 2.75) is 49.0 Å². The van der Waals surface area contributed by atoms with Gasteiger partial charge in [-0.1, -0.05) is 24.3 Å². The van der Waals surface area contributed by atoms with E-state index in [1.807, 2.05) is 70.1 Å². The Balaban J connectivity index is 0.000000147. The molecule has 46 heavy (non-hydrogen) atoms. The lowest BCUT2D eigenvalue weighted by Gasteiger charge is -2.45. The van der Waals surface area contributed by atoms with Crippen LogP contribution in [-0.4, -0.2) is 83.2 Å². The van der Waals surface area contributed by atoms with Crippen LogP contribution in [0.25, 0.3) is 0 Å². The first-order valence-electron chi connectivity index (χ1n) is 16.0. The van der Waals surface area contributed by atoms with Crippen LogP contribution < -0.4 is 10.6 Å². The van der Waals surface area contributed by atoms with E-state index < -0.39 is 11.2 Å². The van der Waals surface area contributed by atoms with E-state index in [4.69, 9.17) is 0 Å². The second kappa shape index (κ2) is 13.6. The molecule has 10 rings (SSSR count). The van der Waals surface area contributed by atoms with Crippen molar-refractivity contribution in [2.24, 2.45) is 11.8 Å². The molecule has 6 fully saturated rings. The molecule has 12 heteroatoms. The Morgan fingerprint density at radius 2 is 0.891 bits per heavy atom. The zero-order valence-corrected chi connectivity index (χ0v) is 28.8. The standard InChI is InChI=1S/2C17H20N2O2S2/c2*20-16(18-13-11-19-7-5-12(13)6-8-19)17(21,14-3-1-9-22-14)15-4-2-10-23-15/h2*1-4,9-10,12-13,21H,5-8,11H2,(H,18,20)/t13-;/m0./s1. The van der Waals surface area contributed by atoms with Gasteiger partial charge in [-0.15, -0.1) is 45.3 Å². The largest absolute Gasteiger partial charge is 0.371 e. The third-order valence-corrected chi connectivity index (χ3v) is 14.0. The number of fused-ring (bicyclic) bond motifs is 6. The molecule has 0 aliphatic carbocycles. The van der Waals surface area contributed by atoms with E-state index in [0.717, 1.165) is 65.0 Å². The SMILES string of the molecule is O=C(NC1CN2CCC1CC2)C(O)(c1cccs1)c1cccs1.O=C(N[C@H]1CN2CCC1CC2)C(O)(c1cccs1)c1cccs1. The summed E-state index contributed by atoms with van der Waals surface area (Å²) in [6.45, 7) is 6.35. The maximum absolute atomic E-state index is 13.0. The number of rotatable bonds is 8. The minimum Gasteiger partial charge on any atom is -0.371 e. The highest BCUT2D eigenvalue weighted by Gasteiger charge is 2.46. The molecule has 4 N–H and O–H groups in total. The molecule has 6 saturated heterocycles. The van der Waals surface area contributed by atoms with Crippen LogP contribution in [0, 0.1) is 11.8 Å². The molecular weight excluding hydrogens is 657 g/mol. The van der Waals surface area contributed by atoms with E-state index in [1.165, 1.54) is 45.3 Å². The van der Waals surface area contributed by atoms with Crippen molar-refractivity contribution in [1.82, 2.24) is 20.4 Å². The summed E-state index contributed by atoms with van der Waals surface area (Å²) in [7, 11) is 0. The van der Waals surface area contributed by atoms with Crippen LogP contribution in [-0.2, 0) is 20.8 Å². The average molecular weight is 697 g/mol. The van der Waals surface area contributed by atoms with Gasteiger partial charge in [0.15, 0.2) is 0 Å². The lowest BCUT2D eigenvalue weighted by molar-refractivity contribution is -0.138. The quantitative estimate of drug-likeness (QED) is 0.216. The Bertz CT molecular complexity index is 1370. The summed E-state index contributed by atoms with van der Waals surface area (Å²) >= 11 is 5.68. The molecule has 1 unspecified atom stereocenters. The molecule has 4 aromatic rings. The molecule has 4 aromatic heterocycles. The van der Waals surface area contributed by atoms with Crippen LogP contribution in [0.1, 0.15) is 45.2 Å². The zero-order chi connectivity index (χ0) is 31.7. The second-order valence-electron chi connectivity index (χ2n) is 12.8. The second-order valence-corrected chi connectivity index (χ2v) is 16.6. The smallest absolute Gasteiger partial charge is 0.263 e. The maximum Gasteiger partial charge on any atom is 0.263 e. The van der Waals surface area contributed by atoms with Gasteiger partial charge < -0.3 is 30.6 Å². The molecule has 0 spiro atoms. The zero-order valence-electron chi connectivity index (χ0n) is 25.5. The van der Waals surface area contributed by atoms with Gasteiger partial charge in [0, 0.05) is 25.2 Å². The Morgan fingerprint density at radius 1 is 0.587 bits per heavy atom. The molecule has 2 amide bonds. The van der Waals surface area contributed by atoms with Crippen molar-refractivity contribution in [2.75, 3.05) is 39.3 Å². The van der Waals surface area contributed by atoms with Crippen molar-refractivity contribution < 1.29 is 19.8 Å². The van der Waals surface area contributed by atoms with Gasteiger partial charge in [-0.25, -0.2) is 0 Å². The molecule has 8 nitrogen and oxygen atoms in total. The summed E-state index contributed by atoms with van der Waals surface area (Å²) in [4.78, 5) is 33.6. The minimum absolute atomic E-state index is 0.149. The number of nitrogens with one attached hydrogen (secondary N) is 2. The summed E-state index contributed by atoms with van der Waals surface area (Å²) in [6, 6.07) is 15.1. The summed E-state index contributed by atoms with van der Waals surface area (Å²) in [6.07, 6.45) is 4.56. The molecular formula is C34H40N4O4S4. The Labute approximate surface area is 285 Å². The van der Waals surface area contributed by atoms with E-state index in [-0.39, 0.29) is 23.9 Å². The number of hydrogen-bond acceptors (Lipinski definition) is 10. The van der Waals surface area contributed by atoms with E-state index >= 15 is 0 Å². The Kier molecular flexibility index (Phi) is 9.50. The normalized spacial score (nSPS) is 27.1. The summed E-state index contributed by atoms with van der Waals surface area (Å²) in [5.74, 6) is 0.502. The van der Waals surface area contributed by atoms with Crippen molar-refractivity contribution in [1.29, 1.82) is 0 Å². The number of nitrogens with zero attached hydrogens (tertiary/aromatic N) is 2. The monoisotopic (exact) mass is 696 g/mol. The molecule has 10 heterocycles. The van der Waals surface area contributed by atoms with Crippen LogP contribution in [0.5, 0.6) is 0 Å². The lowest BCUT2D eigenvalue weighted by atomic mass is 9.83. The van der Waals surface area contributed by atoms with E-state index in [1.54, 1.807) is 0 Å². The molecule has 0 aromatic carbocycles. The molecule has 244 valence electrons. The molecule has 2 atom stereocenters. The first-order chi connectivity index (χ1) is 22.4. The minimum atomic E-state index is -1.58. The van der Waals surface area contributed by atoms with Crippen LogP contribution in [0.4, 0.5) is 0 Å².